The molecule has 8 aromatic carbocycles. The van der Waals surface area contributed by atoms with Gasteiger partial charge in [-0.1, -0.05) is 203 Å². The molecule has 0 atom stereocenters. The molecule has 0 aliphatic heterocycles. The van der Waals surface area contributed by atoms with Gasteiger partial charge in [-0.3, -0.25) is 9.55 Å². The summed E-state index contributed by atoms with van der Waals surface area (Å²) in [6.07, 6.45) is 1.89. The zero-order valence-electron chi connectivity index (χ0n) is 43.7. The van der Waals surface area contributed by atoms with Gasteiger partial charge < -0.3 is 9.52 Å². The first kappa shape index (κ1) is 49.5. The summed E-state index contributed by atoms with van der Waals surface area (Å²) in [6, 6.07) is 62.1. The molecular weight excluding hydrogens is 1070 g/mol. The van der Waals surface area contributed by atoms with Crippen LogP contribution in [-0.2, 0) is 42.7 Å². The van der Waals surface area contributed by atoms with Crippen molar-refractivity contribution in [3.8, 4) is 56.3 Å². The summed E-state index contributed by atoms with van der Waals surface area (Å²) in [5.41, 5.74) is 14.9. The number of hydrogen-bond donors (Lipinski definition) is 1. The Morgan fingerprint density at radius 3 is 1.92 bits per heavy atom. The molecule has 0 amide bonds. The van der Waals surface area contributed by atoms with Gasteiger partial charge in [-0.05, 0) is 85.7 Å². The largest absolute Gasteiger partial charge is 0.507 e. The van der Waals surface area contributed by atoms with E-state index < -0.39 is 5.41 Å². The second-order valence-electron chi connectivity index (χ2n) is 23.2. The van der Waals surface area contributed by atoms with Crippen LogP contribution in [0.5, 0.6) is 5.75 Å². The van der Waals surface area contributed by atoms with Crippen LogP contribution in [0.1, 0.15) is 104 Å². The maximum atomic E-state index is 12.7. The van der Waals surface area contributed by atoms with E-state index in [1.807, 2.05) is 6.20 Å². The monoisotopic (exact) mass is 1140 g/mol. The number of aromatic hydroxyl groups is 1. The number of nitrogens with zero attached hydrogens (tertiary/aromatic N) is 3. The van der Waals surface area contributed by atoms with E-state index in [9.17, 15) is 5.11 Å². The van der Waals surface area contributed by atoms with E-state index in [0.29, 0.717) is 11.4 Å². The van der Waals surface area contributed by atoms with E-state index in [0.717, 1.165) is 99.6 Å². The number of furan rings is 1. The first-order valence-corrected chi connectivity index (χ1v) is 25.2. The Balaban J connectivity index is 0.00000611. The Morgan fingerprint density at radius 1 is 0.534 bits per heavy atom. The van der Waals surface area contributed by atoms with E-state index in [-0.39, 0.29) is 43.1 Å². The summed E-state index contributed by atoms with van der Waals surface area (Å²) in [5.74, 6) is 0.897. The minimum absolute atomic E-state index is 0. The molecule has 11 rings (SSSR count). The van der Waals surface area contributed by atoms with E-state index >= 15 is 0 Å². The third-order valence-corrected chi connectivity index (χ3v) is 14.8. The molecule has 0 aliphatic rings. The van der Waals surface area contributed by atoms with Crippen molar-refractivity contribution in [2.24, 2.45) is 0 Å². The number of rotatable bonds is 7. The topological polar surface area (TPSA) is 64.1 Å². The van der Waals surface area contributed by atoms with Gasteiger partial charge in [-0.15, -0.1) is 29.3 Å². The molecule has 0 radical (unpaired) electrons. The van der Waals surface area contributed by atoms with Crippen molar-refractivity contribution in [3.05, 3.63) is 204 Å². The quantitative estimate of drug-likeness (QED) is 0.162. The number of benzene rings is 8. The second kappa shape index (κ2) is 18.1. The van der Waals surface area contributed by atoms with Gasteiger partial charge in [0.15, 0.2) is 0 Å². The van der Waals surface area contributed by atoms with Crippen LogP contribution >= 0.6 is 0 Å². The van der Waals surface area contributed by atoms with E-state index in [2.05, 4.69) is 251 Å². The molecule has 6 heteroatoms. The molecule has 0 fully saturated rings. The van der Waals surface area contributed by atoms with Gasteiger partial charge in [0.25, 0.3) is 0 Å². The van der Waals surface area contributed by atoms with Crippen LogP contribution in [0.4, 0.5) is 0 Å². The maximum absolute atomic E-state index is 12.7. The second-order valence-corrected chi connectivity index (χ2v) is 23.2. The summed E-state index contributed by atoms with van der Waals surface area (Å²) in [5, 5.41) is 17.1. The zero-order valence-corrected chi connectivity index (χ0v) is 46.0. The van der Waals surface area contributed by atoms with Crippen LogP contribution in [0.15, 0.2) is 174 Å². The molecular formula is C67H62N3O2Pt-. The van der Waals surface area contributed by atoms with Gasteiger partial charge in [-0.25, -0.2) is 4.98 Å². The summed E-state index contributed by atoms with van der Waals surface area (Å²) >= 11 is 0. The van der Waals surface area contributed by atoms with Crippen LogP contribution < -0.4 is 0 Å². The first-order chi connectivity index (χ1) is 34.3. The molecule has 3 heterocycles. The van der Waals surface area contributed by atoms with Crippen LogP contribution in [0.3, 0.4) is 0 Å². The van der Waals surface area contributed by atoms with Crippen molar-refractivity contribution in [1.29, 1.82) is 0 Å². The number of para-hydroxylation sites is 1. The minimum atomic E-state index is -0.418. The van der Waals surface area contributed by atoms with Gasteiger partial charge >= 0.3 is 0 Å². The molecule has 368 valence electrons. The van der Waals surface area contributed by atoms with Gasteiger partial charge in [0.1, 0.15) is 22.7 Å². The average molecular weight is 1140 g/mol. The third kappa shape index (κ3) is 8.70. The molecule has 0 unspecified atom stereocenters. The molecule has 5 nitrogen and oxygen atoms in total. The molecule has 1 N–H and O–H groups in total. The predicted molar refractivity (Wildman–Crippen MR) is 301 cm³/mol. The van der Waals surface area contributed by atoms with Gasteiger partial charge in [0.2, 0.25) is 0 Å². The Bertz CT molecular complexity index is 3900. The molecule has 73 heavy (non-hydrogen) atoms. The minimum Gasteiger partial charge on any atom is -0.507 e. The van der Waals surface area contributed by atoms with E-state index in [1.54, 1.807) is 0 Å². The van der Waals surface area contributed by atoms with Crippen molar-refractivity contribution in [2.45, 2.75) is 97.8 Å². The van der Waals surface area contributed by atoms with Crippen LogP contribution in [0.2, 0.25) is 0 Å². The van der Waals surface area contributed by atoms with Crippen molar-refractivity contribution >= 4 is 43.7 Å². The molecule has 0 aliphatic carbocycles. The van der Waals surface area contributed by atoms with E-state index in [1.165, 1.54) is 11.1 Å². The fourth-order valence-electron chi connectivity index (χ4n) is 10.5. The number of imidazole rings is 1. The predicted octanol–water partition coefficient (Wildman–Crippen LogP) is 17.9. The van der Waals surface area contributed by atoms with Crippen molar-refractivity contribution in [3.63, 3.8) is 0 Å². The normalized spacial score (nSPS) is 12.5. The zero-order chi connectivity index (χ0) is 50.5. The van der Waals surface area contributed by atoms with Crippen LogP contribution in [-0.4, -0.2) is 19.6 Å². The molecule has 11 aromatic rings. The number of hydrogen-bond acceptors (Lipinski definition) is 4. The Morgan fingerprint density at radius 2 is 1.21 bits per heavy atom. The maximum Gasteiger partial charge on any atom is 0.148 e. The standard InChI is InChI=1S/C67H62N3O2.Pt/c1-64(2,3)46-30-31-55(52(38-46)41-21-14-12-15-22-41)70-56-28-20-27-50(60(56)69-63(70)53-39-47(65(4,5)6)40-54(61(53)71)66(7,8)9)43-35-44(37-48(36-43)67(10,11)45-24-16-13-17-25-45)59-62-51(33-34-68-59)58-49-26-19-18-23-42(49)29-32-57(58)72-62;/h12-34,36-40,71H,1-11H3;/q-1;. The molecule has 3 aromatic heterocycles. The molecule has 0 saturated heterocycles. The summed E-state index contributed by atoms with van der Waals surface area (Å²) in [6.45, 7) is 24.5. The Labute approximate surface area is 444 Å². The van der Waals surface area contributed by atoms with Crippen molar-refractivity contribution < 1.29 is 30.6 Å². The molecule has 0 bridgehead atoms. The van der Waals surface area contributed by atoms with Crippen LogP contribution in [0, 0.1) is 6.07 Å². The number of fused-ring (bicyclic) bond motifs is 6. The van der Waals surface area contributed by atoms with Crippen molar-refractivity contribution in [1.82, 2.24) is 14.5 Å². The first-order valence-electron chi connectivity index (χ1n) is 25.2. The van der Waals surface area contributed by atoms with Crippen molar-refractivity contribution in [2.75, 3.05) is 0 Å². The number of aromatic nitrogens is 3. The molecule has 0 saturated carbocycles. The van der Waals surface area contributed by atoms with Crippen LogP contribution in [0.25, 0.3) is 94.3 Å². The Kier molecular flexibility index (Phi) is 12.3. The van der Waals surface area contributed by atoms with Gasteiger partial charge in [0.05, 0.1) is 22.3 Å². The average Bonchev–Trinajstić information content (AvgIpc) is 3.95. The van der Waals surface area contributed by atoms with Gasteiger partial charge in [-0.2, -0.15) is 0 Å². The Hall–Kier alpha value is -7.07. The smallest absolute Gasteiger partial charge is 0.148 e. The van der Waals surface area contributed by atoms with Gasteiger partial charge in [0, 0.05) is 60.3 Å². The molecule has 0 spiro atoms. The number of phenolic OH excluding ortho intramolecular Hbond substituents is 1. The van der Waals surface area contributed by atoms with E-state index in [4.69, 9.17) is 14.4 Å². The summed E-state index contributed by atoms with van der Waals surface area (Å²) in [7, 11) is 0. The fraction of sp³-hybridized carbons (Fsp3) is 0.224. The summed E-state index contributed by atoms with van der Waals surface area (Å²) < 4.78 is 9.10. The SMILES string of the molecule is CC(C)(C)c1ccc(-n2c(-c3cc(C(C)(C)C)cc(C(C)(C)C)c3O)nc3c(-c4[c-]c(-c5nccc6c5oc5ccc7ccccc7c56)cc(C(C)(C)c5ccccc5)c4)cccc32)c(-c2ccccc2)c1.[Pt]. The number of phenols is 1. The number of pyridine rings is 1. The third-order valence-electron chi connectivity index (χ3n) is 14.8. The summed E-state index contributed by atoms with van der Waals surface area (Å²) in [4.78, 5) is 10.9. The fourth-order valence-corrected chi connectivity index (χ4v) is 10.5.